The summed E-state index contributed by atoms with van der Waals surface area (Å²) in [6, 6.07) is 7.46. The Morgan fingerprint density at radius 2 is 2.07 bits per heavy atom. The first-order valence-electron chi connectivity index (χ1n) is 9.48. The van der Waals surface area contributed by atoms with Crippen molar-refractivity contribution in [2.24, 2.45) is 4.99 Å². The third-order valence-corrected chi connectivity index (χ3v) is 5.75. The van der Waals surface area contributed by atoms with E-state index in [-0.39, 0.29) is 6.54 Å². The molecule has 9 heteroatoms. The molecule has 28 heavy (non-hydrogen) atoms. The van der Waals surface area contributed by atoms with Crippen molar-refractivity contribution in [1.29, 1.82) is 0 Å². The van der Waals surface area contributed by atoms with Crippen LogP contribution in [0.4, 0.5) is 0 Å². The maximum absolute atomic E-state index is 10.3. The van der Waals surface area contributed by atoms with Gasteiger partial charge in [-0.3, -0.25) is 9.89 Å². The maximum atomic E-state index is 10.3. The summed E-state index contributed by atoms with van der Waals surface area (Å²) in [4.78, 5) is 7.72. The van der Waals surface area contributed by atoms with E-state index in [0.717, 1.165) is 56.5 Å². The SMILES string of the molecule is OC(CN=C(NCCc1ccco1)NCCN1CCOCC1)c1ccc(Cl)s1. The van der Waals surface area contributed by atoms with Crippen molar-refractivity contribution in [3.05, 3.63) is 45.5 Å². The Morgan fingerprint density at radius 1 is 1.25 bits per heavy atom. The number of rotatable bonds is 9. The molecule has 2 aromatic heterocycles. The van der Waals surface area contributed by atoms with Crippen molar-refractivity contribution in [2.45, 2.75) is 12.5 Å². The number of nitrogens with zero attached hydrogens (tertiary/aromatic N) is 2. The van der Waals surface area contributed by atoms with Gasteiger partial charge in [0, 0.05) is 44.0 Å². The Bertz CT molecular complexity index is 717. The summed E-state index contributed by atoms with van der Waals surface area (Å²) in [5, 5.41) is 17.0. The highest BCUT2D eigenvalue weighted by molar-refractivity contribution is 7.16. The lowest BCUT2D eigenvalue weighted by Crippen LogP contribution is -2.45. The molecule has 3 heterocycles. The van der Waals surface area contributed by atoms with Crippen molar-refractivity contribution in [3.8, 4) is 0 Å². The van der Waals surface area contributed by atoms with E-state index in [1.54, 1.807) is 12.3 Å². The van der Waals surface area contributed by atoms with Gasteiger partial charge in [-0.25, -0.2) is 0 Å². The monoisotopic (exact) mass is 426 g/mol. The Labute approximate surface area is 174 Å². The summed E-state index contributed by atoms with van der Waals surface area (Å²) in [5.41, 5.74) is 0. The molecular formula is C19H27ClN4O3S. The van der Waals surface area contributed by atoms with E-state index in [9.17, 15) is 5.11 Å². The van der Waals surface area contributed by atoms with E-state index < -0.39 is 6.10 Å². The van der Waals surface area contributed by atoms with Gasteiger partial charge in [-0.15, -0.1) is 11.3 Å². The first kappa shape index (κ1) is 21.1. The number of morpholine rings is 1. The van der Waals surface area contributed by atoms with E-state index >= 15 is 0 Å². The Hall–Kier alpha value is -1.58. The van der Waals surface area contributed by atoms with Gasteiger partial charge >= 0.3 is 0 Å². The molecule has 1 saturated heterocycles. The van der Waals surface area contributed by atoms with E-state index in [1.165, 1.54) is 11.3 Å². The Balaban J connectivity index is 1.49. The van der Waals surface area contributed by atoms with Crippen LogP contribution in [0.15, 0.2) is 39.9 Å². The van der Waals surface area contributed by atoms with Crippen molar-refractivity contribution in [2.75, 3.05) is 52.5 Å². The highest BCUT2D eigenvalue weighted by Gasteiger charge is 2.12. The molecule has 3 rings (SSSR count). The zero-order valence-electron chi connectivity index (χ0n) is 15.8. The number of hydrogen-bond donors (Lipinski definition) is 3. The molecule has 3 N–H and O–H groups in total. The fourth-order valence-electron chi connectivity index (χ4n) is 2.87. The predicted molar refractivity (Wildman–Crippen MR) is 112 cm³/mol. The first-order valence-corrected chi connectivity index (χ1v) is 10.7. The molecule has 0 amide bonds. The molecule has 0 saturated carbocycles. The summed E-state index contributed by atoms with van der Waals surface area (Å²) in [5.74, 6) is 1.61. The van der Waals surface area contributed by atoms with E-state index in [2.05, 4.69) is 20.5 Å². The minimum absolute atomic E-state index is 0.268. The highest BCUT2D eigenvalue weighted by atomic mass is 35.5. The second-order valence-electron chi connectivity index (χ2n) is 6.48. The minimum Gasteiger partial charge on any atom is -0.469 e. The molecule has 1 fully saturated rings. The highest BCUT2D eigenvalue weighted by Crippen LogP contribution is 2.26. The van der Waals surface area contributed by atoms with Crippen LogP contribution in [0, 0.1) is 0 Å². The number of aliphatic hydroxyl groups is 1. The average Bonchev–Trinajstić information content (AvgIpc) is 3.38. The summed E-state index contributed by atoms with van der Waals surface area (Å²) in [6.07, 6.45) is 1.77. The molecule has 2 aromatic rings. The molecule has 1 unspecified atom stereocenters. The molecular weight excluding hydrogens is 400 g/mol. The standard InChI is InChI=1S/C19H27ClN4O3S/c20-18-4-3-17(28-18)16(25)14-23-19(21-6-5-15-2-1-11-27-15)22-7-8-24-9-12-26-13-10-24/h1-4,11,16,25H,5-10,12-14H2,(H2,21,22,23). The molecule has 1 aliphatic rings. The summed E-state index contributed by atoms with van der Waals surface area (Å²) in [6.45, 7) is 6.15. The number of furan rings is 1. The number of aliphatic hydroxyl groups excluding tert-OH is 1. The number of aliphatic imine (C=N–C) groups is 1. The van der Waals surface area contributed by atoms with Gasteiger partial charge in [0.15, 0.2) is 5.96 Å². The van der Waals surface area contributed by atoms with Crippen molar-refractivity contribution < 1.29 is 14.3 Å². The van der Waals surface area contributed by atoms with Crippen molar-refractivity contribution in [3.63, 3.8) is 0 Å². The first-order chi connectivity index (χ1) is 13.7. The van der Waals surface area contributed by atoms with E-state index in [0.29, 0.717) is 16.8 Å². The molecule has 0 aromatic carbocycles. The van der Waals surface area contributed by atoms with Gasteiger partial charge in [0.2, 0.25) is 0 Å². The second-order valence-corrected chi connectivity index (χ2v) is 8.23. The van der Waals surface area contributed by atoms with Gasteiger partial charge in [0.1, 0.15) is 11.9 Å². The van der Waals surface area contributed by atoms with Crippen LogP contribution in [0.2, 0.25) is 4.34 Å². The largest absolute Gasteiger partial charge is 0.469 e. The Kier molecular flexibility index (Phi) is 8.63. The number of nitrogens with one attached hydrogen (secondary N) is 2. The summed E-state index contributed by atoms with van der Waals surface area (Å²) < 4.78 is 11.4. The molecule has 0 spiro atoms. The van der Waals surface area contributed by atoms with E-state index in [4.69, 9.17) is 20.8 Å². The normalized spacial score (nSPS) is 16.9. The molecule has 0 aliphatic carbocycles. The van der Waals surface area contributed by atoms with Crippen LogP contribution in [-0.4, -0.2) is 68.4 Å². The van der Waals surface area contributed by atoms with Crippen LogP contribution in [0.25, 0.3) is 0 Å². The van der Waals surface area contributed by atoms with Gasteiger partial charge in [-0.2, -0.15) is 0 Å². The van der Waals surface area contributed by atoms with Gasteiger partial charge in [0.05, 0.1) is 30.4 Å². The van der Waals surface area contributed by atoms with Crippen LogP contribution in [-0.2, 0) is 11.2 Å². The predicted octanol–water partition coefficient (Wildman–Crippen LogP) is 2.14. The third kappa shape index (κ3) is 7.10. The number of halogens is 1. The van der Waals surface area contributed by atoms with Crippen LogP contribution < -0.4 is 10.6 Å². The molecule has 154 valence electrons. The zero-order chi connectivity index (χ0) is 19.6. The minimum atomic E-state index is -0.666. The number of thiophene rings is 1. The van der Waals surface area contributed by atoms with Gasteiger partial charge < -0.3 is 24.9 Å². The molecule has 7 nitrogen and oxygen atoms in total. The van der Waals surface area contributed by atoms with Crippen molar-refractivity contribution in [1.82, 2.24) is 15.5 Å². The van der Waals surface area contributed by atoms with Crippen LogP contribution >= 0.6 is 22.9 Å². The third-order valence-electron chi connectivity index (χ3n) is 4.41. The quantitative estimate of drug-likeness (QED) is 0.421. The smallest absolute Gasteiger partial charge is 0.191 e. The zero-order valence-corrected chi connectivity index (χ0v) is 17.3. The average molecular weight is 427 g/mol. The lowest BCUT2D eigenvalue weighted by atomic mass is 10.3. The van der Waals surface area contributed by atoms with Crippen LogP contribution in [0.3, 0.4) is 0 Å². The van der Waals surface area contributed by atoms with Gasteiger partial charge in [-0.1, -0.05) is 11.6 Å². The van der Waals surface area contributed by atoms with Crippen LogP contribution in [0.5, 0.6) is 0 Å². The molecule has 0 radical (unpaired) electrons. The van der Waals surface area contributed by atoms with Gasteiger partial charge in [-0.05, 0) is 24.3 Å². The molecule has 0 bridgehead atoms. The second kappa shape index (κ2) is 11.4. The fourth-order valence-corrected chi connectivity index (χ4v) is 3.90. The fraction of sp³-hybridized carbons (Fsp3) is 0.526. The topological polar surface area (TPSA) is 82.3 Å². The summed E-state index contributed by atoms with van der Waals surface area (Å²) >= 11 is 7.33. The summed E-state index contributed by atoms with van der Waals surface area (Å²) in [7, 11) is 0. The number of hydrogen-bond acceptors (Lipinski definition) is 6. The number of guanidine groups is 1. The van der Waals surface area contributed by atoms with Gasteiger partial charge in [0.25, 0.3) is 0 Å². The van der Waals surface area contributed by atoms with Crippen LogP contribution in [0.1, 0.15) is 16.7 Å². The molecule has 1 atom stereocenters. The van der Waals surface area contributed by atoms with E-state index in [1.807, 2.05) is 18.2 Å². The lowest BCUT2D eigenvalue weighted by molar-refractivity contribution is 0.0389. The molecule has 1 aliphatic heterocycles. The Morgan fingerprint density at radius 3 is 2.79 bits per heavy atom. The maximum Gasteiger partial charge on any atom is 0.191 e. The number of ether oxygens (including phenoxy) is 1. The van der Waals surface area contributed by atoms with Crippen molar-refractivity contribution >= 4 is 28.9 Å². The lowest BCUT2D eigenvalue weighted by Gasteiger charge is -2.26.